The summed E-state index contributed by atoms with van der Waals surface area (Å²) in [4.78, 5) is 2.49. The van der Waals surface area contributed by atoms with Gasteiger partial charge in [-0.1, -0.05) is 12.1 Å². The van der Waals surface area contributed by atoms with Crippen LogP contribution in [0.5, 0.6) is 23.0 Å². The first-order chi connectivity index (χ1) is 18.3. The van der Waals surface area contributed by atoms with E-state index in [-0.39, 0.29) is 5.84 Å². The van der Waals surface area contributed by atoms with Gasteiger partial charge >= 0.3 is 0 Å². The van der Waals surface area contributed by atoms with Crippen molar-refractivity contribution in [2.75, 3.05) is 52.7 Å². The number of benzene rings is 3. The fraction of sp³-hybridized carbons (Fsp3) is 0.321. The lowest BCUT2D eigenvalue weighted by molar-refractivity contribution is 0.255. The quantitative estimate of drug-likeness (QED) is 0.0937. The summed E-state index contributed by atoms with van der Waals surface area (Å²) in [5, 5.41) is 7.28. The highest BCUT2D eigenvalue weighted by molar-refractivity contribution is 6.00. The lowest BCUT2D eigenvalue weighted by atomic mass is 9.98. The molecule has 3 aromatic carbocycles. The molecule has 38 heavy (non-hydrogen) atoms. The number of fused-ring (bicyclic) bond motifs is 1. The Hall–Kier alpha value is -4.15. The number of nitrogens with zero attached hydrogens (tertiary/aromatic N) is 1. The van der Waals surface area contributed by atoms with E-state index in [1.54, 1.807) is 26.4 Å². The Morgan fingerprint density at radius 3 is 1.97 bits per heavy atom. The van der Waals surface area contributed by atoms with Crippen LogP contribution in [0.2, 0.25) is 0 Å². The molecule has 3 aromatic rings. The maximum Gasteiger partial charge on any atom is 0.162 e. The molecule has 0 bridgehead atoms. The van der Waals surface area contributed by atoms with Gasteiger partial charge in [0.1, 0.15) is 5.84 Å². The number of rotatable bonds is 9. The Morgan fingerprint density at radius 2 is 1.42 bits per heavy atom. The van der Waals surface area contributed by atoms with Crippen molar-refractivity contribution >= 4 is 17.2 Å². The molecule has 4 rings (SSSR count). The van der Waals surface area contributed by atoms with Crippen molar-refractivity contribution < 1.29 is 18.9 Å². The van der Waals surface area contributed by atoms with Crippen LogP contribution >= 0.6 is 0 Å². The average molecular weight is 523 g/mol. The summed E-state index contributed by atoms with van der Waals surface area (Å²) in [6.07, 6.45) is 2.08. The van der Waals surface area contributed by atoms with Crippen LogP contribution in [0.1, 0.15) is 22.3 Å². The topological polar surface area (TPSA) is 154 Å². The summed E-state index contributed by atoms with van der Waals surface area (Å²) in [5.74, 6) is 7.96. The Kier molecular flexibility index (Phi) is 10.0. The molecule has 1 heterocycles. The molecular formula is C28H38N6O4. The number of methoxy groups -OCH3 is 4. The molecule has 1 aliphatic rings. The third kappa shape index (κ3) is 6.99. The highest BCUT2D eigenvalue weighted by Gasteiger charge is 2.19. The summed E-state index contributed by atoms with van der Waals surface area (Å²) in [7, 11) is 6.40. The maximum atomic E-state index is 7.28. The van der Waals surface area contributed by atoms with Gasteiger partial charge in [0.25, 0.3) is 0 Å². The van der Waals surface area contributed by atoms with Crippen LogP contribution in [-0.2, 0) is 19.4 Å². The minimum Gasteiger partial charge on any atom is -0.493 e. The molecule has 0 spiro atoms. The van der Waals surface area contributed by atoms with E-state index in [1.165, 1.54) is 30.9 Å². The van der Waals surface area contributed by atoms with Gasteiger partial charge in [0.05, 0.1) is 28.4 Å². The van der Waals surface area contributed by atoms with Gasteiger partial charge in [-0.3, -0.25) is 16.2 Å². The van der Waals surface area contributed by atoms with Crippen molar-refractivity contribution in [3.05, 3.63) is 70.8 Å². The van der Waals surface area contributed by atoms with Crippen LogP contribution in [0.25, 0.3) is 0 Å². The second-order valence-electron chi connectivity index (χ2n) is 8.80. The summed E-state index contributed by atoms with van der Waals surface area (Å²) >= 11 is 0. The predicted octanol–water partition coefficient (Wildman–Crippen LogP) is 3.16. The van der Waals surface area contributed by atoms with Crippen molar-refractivity contribution in [1.82, 2.24) is 4.90 Å². The van der Waals surface area contributed by atoms with Crippen molar-refractivity contribution in [2.24, 2.45) is 11.6 Å². The number of nitrogens with two attached hydrogens (primary N) is 3. The number of hydrazine groups is 1. The third-order valence-corrected chi connectivity index (χ3v) is 6.48. The molecule has 0 saturated heterocycles. The van der Waals surface area contributed by atoms with Crippen LogP contribution in [0, 0.1) is 5.41 Å². The summed E-state index contributed by atoms with van der Waals surface area (Å²) in [6, 6.07) is 15.7. The van der Waals surface area contributed by atoms with E-state index in [0.717, 1.165) is 49.7 Å². The minimum atomic E-state index is -0.0940. The molecule has 10 nitrogen and oxygen atoms in total. The Morgan fingerprint density at radius 1 is 0.868 bits per heavy atom. The highest BCUT2D eigenvalue weighted by atomic mass is 16.5. The molecule has 0 fully saturated rings. The molecular weight excluding hydrogens is 484 g/mol. The van der Waals surface area contributed by atoms with Crippen molar-refractivity contribution in [1.29, 1.82) is 5.41 Å². The van der Waals surface area contributed by atoms with Gasteiger partial charge in [-0.2, -0.15) is 0 Å². The molecule has 1 aliphatic heterocycles. The van der Waals surface area contributed by atoms with E-state index in [4.69, 9.17) is 41.7 Å². The Labute approximate surface area is 224 Å². The fourth-order valence-electron chi connectivity index (χ4n) is 4.32. The average Bonchev–Trinajstić information content (AvgIpc) is 2.95. The fourth-order valence-corrected chi connectivity index (χ4v) is 4.32. The first-order valence-corrected chi connectivity index (χ1v) is 12.2. The van der Waals surface area contributed by atoms with Gasteiger partial charge in [0.15, 0.2) is 23.0 Å². The number of nitrogen functional groups attached to an aromatic ring is 3. The van der Waals surface area contributed by atoms with Crippen molar-refractivity contribution in [2.45, 2.75) is 19.4 Å². The number of hydrogen-bond donors (Lipinski definition) is 5. The SMILES string of the molecule is COc1cc(N)c(C(=N)N)cc1OC.COc1cc2c(cc1OC)CN(CCc1ccc(NN)cc1)CC2. The molecule has 0 saturated carbocycles. The highest BCUT2D eigenvalue weighted by Crippen LogP contribution is 2.33. The normalized spacial score (nSPS) is 12.4. The van der Waals surface area contributed by atoms with Gasteiger partial charge in [-0.15, -0.1) is 0 Å². The monoisotopic (exact) mass is 522 g/mol. The molecule has 8 N–H and O–H groups in total. The van der Waals surface area contributed by atoms with E-state index >= 15 is 0 Å². The largest absolute Gasteiger partial charge is 0.493 e. The van der Waals surface area contributed by atoms with Crippen LogP contribution in [0.4, 0.5) is 11.4 Å². The number of amidine groups is 1. The number of hydrogen-bond acceptors (Lipinski definition) is 9. The number of anilines is 2. The van der Waals surface area contributed by atoms with Crippen LogP contribution in [-0.4, -0.2) is 52.3 Å². The predicted molar refractivity (Wildman–Crippen MR) is 151 cm³/mol. The van der Waals surface area contributed by atoms with Gasteiger partial charge < -0.3 is 35.8 Å². The third-order valence-electron chi connectivity index (χ3n) is 6.48. The van der Waals surface area contributed by atoms with E-state index in [1.807, 2.05) is 12.1 Å². The van der Waals surface area contributed by atoms with E-state index in [2.05, 4.69) is 34.6 Å². The van der Waals surface area contributed by atoms with Gasteiger partial charge in [-0.25, -0.2) is 0 Å². The zero-order valence-corrected chi connectivity index (χ0v) is 22.5. The van der Waals surface area contributed by atoms with E-state index < -0.39 is 0 Å². The standard InChI is InChI=1S/C19H25N3O2.C9H13N3O2/c1-23-18-11-15-8-10-22(13-16(15)12-19(18)24-2)9-7-14-3-5-17(21-20)6-4-14;1-13-7-3-5(9(11)12)6(10)4-8(7)14-2/h3-6,11-12,21H,7-10,13,20H2,1-2H3;3-4H,10H2,1-2H3,(H3,11,12). The Bertz CT molecular complexity index is 1230. The number of ether oxygens (including phenoxy) is 4. The van der Waals surface area contributed by atoms with Gasteiger partial charge in [0.2, 0.25) is 0 Å². The summed E-state index contributed by atoms with van der Waals surface area (Å²) in [6.45, 7) is 3.08. The summed E-state index contributed by atoms with van der Waals surface area (Å²) < 4.78 is 20.9. The molecule has 0 unspecified atom stereocenters. The minimum absolute atomic E-state index is 0.0940. The molecule has 0 atom stereocenters. The van der Waals surface area contributed by atoms with Crippen LogP contribution < -0.4 is 41.7 Å². The molecule has 0 amide bonds. The zero-order valence-electron chi connectivity index (χ0n) is 22.5. The van der Waals surface area contributed by atoms with Crippen molar-refractivity contribution in [3.8, 4) is 23.0 Å². The van der Waals surface area contributed by atoms with E-state index in [0.29, 0.717) is 22.7 Å². The molecule has 204 valence electrons. The first kappa shape index (κ1) is 28.4. The zero-order chi connectivity index (χ0) is 27.7. The molecule has 0 radical (unpaired) electrons. The molecule has 0 aliphatic carbocycles. The Balaban J connectivity index is 0.000000244. The smallest absolute Gasteiger partial charge is 0.162 e. The number of nitrogens with one attached hydrogen (secondary N) is 2. The molecule has 0 aromatic heterocycles. The van der Waals surface area contributed by atoms with Gasteiger partial charge in [-0.05, 0) is 59.9 Å². The van der Waals surface area contributed by atoms with Gasteiger partial charge in [0, 0.05) is 42.6 Å². The summed E-state index contributed by atoms with van der Waals surface area (Å²) in [5.41, 5.74) is 19.5. The van der Waals surface area contributed by atoms with E-state index in [9.17, 15) is 0 Å². The van der Waals surface area contributed by atoms with Crippen molar-refractivity contribution in [3.63, 3.8) is 0 Å². The maximum absolute atomic E-state index is 7.28. The van der Waals surface area contributed by atoms with Crippen LogP contribution in [0.3, 0.4) is 0 Å². The van der Waals surface area contributed by atoms with Crippen LogP contribution in [0.15, 0.2) is 48.5 Å². The molecule has 10 heteroatoms. The lowest BCUT2D eigenvalue weighted by Gasteiger charge is -2.29. The second-order valence-corrected chi connectivity index (χ2v) is 8.80. The first-order valence-electron chi connectivity index (χ1n) is 12.2. The second kappa shape index (κ2) is 13.4. The lowest BCUT2D eigenvalue weighted by Crippen LogP contribution is -2.32.